The summed E-state index contributed by atoms with van der Waals surface area (Å²) < 4.78 is 2.06. The summed E-state index contributed by atoms with van der Waals surface area (Å²) in [6.45, 7) is 0. The summed E-state index contributed by atoms with van der Waals surface area (Å²) in [5.74, 6) is 0. The summed E-state index contributed by atoms with van der Waals surface area (Å²) in [5.41, 5.74) is 8.87. The van der Waals surface area contributed by atoms with E-state index in [0.29, 0.717) is 0 Å². The molecule has 2 aromatic heterocycles. The van der Waals surface area contributed by atoms with Gasteiger partial charge >= 0.3 is 0 Å². The summed E-state index contributed by atoms with van der Waals surface area (Å²) in [6.07, 6.45) is 2.86. The summed E-state index contributed by atoms with van der Waals surface area (Å²) in [4.78, 5) is 0. The molecule has 4 nitrogen and oxygen atoms in total. The molecule has 0 bridgehead atoms. The van der Waals surface area contributed by atoms with Gasteiger partial charge in [-0.1, -0.05) is 91.0 Å². The van der Waals surface area contributed by atoms with Gasteiger partial charge in [-0.15, -0.1) is 10.2 Å². The fourth-order valence-corrected chi connectivity index (χ4v) is 4.77. The van der Waals surface area contributed by atoms with E-state index < -0.39 is 6.04 Å². The third kappa shape index (κ3) is 3.35. The van der Waals surface area contributed by atoms with E-state index in [4.69, 9.17) is 5.10 Å². The summed E-state index contributed by atoms with van der Waals surface area (Å²) in [6, 6.07) is 36.9. The van der Waals surface area contributed by atoms with Crippen LogP contribution in [0, 0.1) is 11.3 Å². The van der Waals surface area contributed by atoms with Gasteiger partial charge < -0.3 is 0 Å². The second-order valence-electron chi connectivity index (χ2n) is 8.44. The van der Waals surface area contributed by atoms with Crippen molar-refractivity contribution in [1.29, 1.82) is 5.26 Å². The maximum atomic E-state index is 10.3. The van der Waals surface area contributed by atoms with Crippen LogP contribution in [-0.4, -0.2) is 10.2 Å². The molecular weight excluding hydrogens is 416 g/mol. The second kappa shape index (κ2) is 8.38. The number of hydrogen-bond donors (Lipinski definition) is 0. The SMILES string of the molecule is N#CC1c2c(-c3ccccc3)nnc(-c3ccccc3)c2-c2cc(Cc3ccccc3)cc[n+]21. The minimum Gasteiger partial charge on any atom is -0.191 e. The fourth-order valence-electron chi connectivity index (χ4n) is 4.77. The Balaban J connectivity index is 1.60. The van der Waals surface area contributed by atoms with Crippen LogP contribution < -0.4 is 4.57 Å². The third-order valence-electron chi connectivity index (χ3n) is 6.34. The number of pyridine rings is 1. The first-order chi connectivity index (χ1) is 16.8. The standard InChI is InChI=1S/C30H21N4/c31-20-26-28-27(25-19-22(16-17-34(25)26)18-21-10-4-1-5-11-21)29(23-12-6-2-7-13-23)32-33-30(28)24-14-8-3-9-15-24/h1-17,19,26H,18H2/q+1. The topological polar surface area (TPSA) is 53.5 Å². The van der Waals surface area contributed by atoms with Gasteiger partial charge in [0.25, 0.3) is 6.04 Å². The molecule has 0 fully saturated rings. The van der Waals surface area contributed by atoms with Crippen LogP contribution in [0.15, 0.2) is 109 Å². The first-order valence-electron chi connectivity index (χ1n) is 11.3. The zero-order chi connectivity index (χ0) is 22.9. The quantitative estimate of drug-likeness (QED) is 0.335. The van der Waals surface area contributed by atoms with Crippen LogP contribution in [0.4, 0.5) is 0 Å². The smallest absolute Gasteiger partial charge is 0.191 e. The molecule has 0 radical (unpaired) electrons. The van der Waals surface area contributed by atoms with E-state index in [2.05, 4.69) is 52.1 Å². The predicted octanol–water partition coefficient (Wildman–Crippen LogP) is 5.78. The van der Waals surface area contributed by atoms with Crippen LogP contribution in [0.25, 0.3) is 33.8 Å². The minimum atomic E-state index is -0.469. The average molecular weight is 438 g/mol. The van der Waals surface area contributed by atoms with E-state index in [1.54, 1.807) is 0 Å². The van der Waals surface area contributed by atoms with Gasteiger partial charge in [0.1, 0.15) is 17.5 Å². The van der Waals surface area contributed by atoms with Crippen molar-refractivity contribution >= 4 is 0 Å². The Hall–Kier alpha value is -4.62. The van der Waals surface area contributed by atoms with Crippen LogP contribution in [0.5, 0.6) is 0 Å². The predicted molar refractivity (Wildman–Crippen MR) is 132 cm³/mol. The molecule has 0 amide bonds. The van der Waals surface area contributed by atoms with Crippen LogP contribution >= 0.6 is 0 Å². The Morgan fingerprint density at radius 1 is 0.706 bits per heavy atom. The lowest BCUT2D eigenvalue weighted by molar-refractivity contribution is -0.685. The van der Waals surface area contributed by atoms with Gasteiger partial charge in [0.05, 0.1) is 11.1 Å². The molecule has 3 aromatic carbocycles. The normalized spacial score (nSPS) is 13.7. The average Bonchev–Trinajstić information content (AvgIpc) is 3.23. The number of aromatic nitrogens is 3. The highest BCUT2D eigenvalue weighted by Crippen LogP contribution is 2.43. The van der Waals surface area contributed by atoms with Crippen molar-refractivity contribution in [2.75, 3.05) is 0 Å². The van der Waals surface area contributed by atoms with E-state index in [1.807, 2.05) is 72.9 Å². The highest BCUT2D eigenvalue weighted by molar-refractivity contribution is 5.86. The van der Waals surface area contributed by atoms with Crippen molar-refractivity contribution in [1.82, 2.24) is 10.2 Å². The first kappa shape index (κ1) is 20.0. The van der Waals surface area contributed by atoms with Crippen molar-refractivity contribution in [2.45, 2.75) is 12.5 Å². The first-order valence-corrected chi connectivity index (χ1v) is 11.3. The van der Waals surface area contributed by atoms with Gasteiger partial charge in [-0.05, 0) is 17.5 Å². The number of nitriles is 1. The molecule has 1 aliphatic heterocycles. The largest absolute Gasteiger partial charge is 0.272 e. The number of hydrogen-bond acceptors (Lipinski definition) is 3. The van der Waals surface area contributed by atoms with Gasteiger partial charge in [-0.2, -0.15) is 9.83 Å². The number of nitrogens with zero attached hydrogens (tertiary/aromatic N) is 4. The van der Waals surface area contributed by atoms with E-state index >= 15 is 0 Å². The van der Waals surface area contributed by atoms with E-state index in [-0.39, 0.29) is 0 Å². The Bertz CT molecular complexity index is 1520. The van der Waals surface area contributed by atoms with Crippen LogP contribution in [0.1, 0.15) is 22.7 Å². The number of benzene rings is 3. The van der Waals surface area contributed by atoms with Crippen LogP contribution in [0.3, 0.4) is 0 Å². The Kier molecular flexibility index (Phi) is 4.94. The van der Waals surface area contributed by atoms with Crippen molar-refractivity contribution in [3.05, 3.63) is 126 Å². The second-order valence-corrected chi connectivity index (χ2v) is 8.44. The van der Waals surface area contributed by atoms with Crippen molar-refractivity contribution in [3.8, 4) is 39.8 Å². The molecule has 1 unspecified atom stereocenters. The molecule has 0 N–H and O–H groups in total. The lowest BCUT2D eigenvalue weighted by Gasteiger charge is -2.10. The molecule has 1 aliphatic rings. The molecule has 160 valence electrons. The van der Waals surface area contributed by atoms with Crippen LogP contribution in [-0.2, 0) is 6.42 Å². The zero-order valence-corrected chi connectivity index (χ0v) is 18.5. The lowest BCUT2D eigenvalue weighted by atomic mass is 9.94. The van der Waals surface area contributed by atoms with E-state index in [1.165, 1.54) is 11.1 Å². The molecule has 3 heterocycles. The van der Waals surface area contributed by atoms with Gasteiger partial charge in [-0.3, -0.25) is 0 Å². The maximum absolute atomic E-state index is 10.3. The van der Waals surface area contributed by atoms with Crippen molar-refractivity contribution in [2.24, 2.45) is 0 Å². The number of fused-ring (bicyclic) bond motifs is 3. The summed E-state index contributed by atoms with van der Waals surface area (Å²) in [5, 5.41) is 19.6. The molecule has 0 spiro atoms. The van der Waals surface area contributed by atoms with Gasteiger partial charge in [-0.25, -0.2) is 0 Å². The molecule has 34 heavy (non-hydrogen) atoms. The zero-order valence-electron chi connectivity index (χ0n) is 18.5. The van der Waals surface area contributed by atoms with Crippen molar-refractivity contribution < 1.29 is 4.57 Å². The molecule has 0 saturated carbocycles. The maximum Gasteiger partial charge on any atom is 0.272 e. The molecular formula is C30H21N4+. The van der Waals surface area contributed by atoms with E-state index in [9.17, 15) is 5.26 Å². The highest BCUT2D eigenvalue weighted by atomic mass is 15.1. The Morgan fingerprint density at radius 3 is 1.94 bits per heavy atom. The van der Waals surface area contributed by atoms with Crippen LogP contribution in [0.2, 0.25) is 0 Å². The molecule has 5 aromatic rings. The monoisotopic (exact) mass is 437 g/mol. The fraction of sp³-hybridized carbons (Fsp3) is 0.0667. The lowest BCUT2D eigenvalue weighted by Crippen LogP contribution is -2.37. The molecule has 4 heteroatoms. The number of rotatable bonds is 4. The highest BCUT2D eigenvalue weighted by Gasteiger charge is 2.42. The van der Waals surface area contributed by atoms with E-state index in [0.717, 1.165) is 45.8 Å². The van der Waals surface area contributed by atoms with Gasteiger partial charge in [0.15, 0.2) is 6.20 Å². The molecule has 0 saturated heterocycles. The van der Waals surface area contributed by atoms with Gasteiger partial charge in [0.2, 0.25) is 5.69 Å². The third-order valence-corrected chi connectivity index (χ3v) is 6.34. The van der Waals surface area contributed by atoms with Gasteiger partial charge in [0, 0.05) is 23.3 Å². The Morgan fingerprint density at radius 2 is 1.29 bits per heavy atom. The molecule has 6 rings (SSSR count). The molecule has 1 atom stereocenters. The Labute approximate surface area is 198 Å². The summed E-state index contributed by atoms with van der Waals surface area (Å²) in [7, 11) is 0. The minimum absolute atomic E-state index is 0.469. The molecule has 0 aliphatic carbocycles. The van der Waals surface area contributed by atoms with Crippen molar-refractivity contribution in [3.63, 3.8) is 0 Å². The summed E-state index contributed by atoms with van der Waals surface area (Å²) >= 11 is 0.